The van der Waals surface area contributed by atoms with Crippen molar-refractivity contribution in [1.82, 2.24) is 4.98 Å². The summed E-state index contributed by atoms with van der Waals surface area (Å²) < 4.78 is 4.89. The molecule has 0 aliphatic carbocycles. The molecule has 2 rings (SSSR count). The highest BCUT2D eigenvalue weighted by atomic mass is 16.5. The summed E-state index contributed by atoms with van der Waals surface area (Å²) in [6.45, 7) is 1.71. The lowest BCUT2D eigenvalue weighted by atomic mass is 10.2. The quantitative estimate of drug-likeness (QED) is 0.736. The van der Waals surface area contributed by atoms with Crippen molar-refractivity contribution in [2.24, 2.45) is 0 Å². The van der Waals surface area contributed by atoms with Gasteiger partial charge in [0.15, 0.2) is 0 Å². The molecule has 1 N–H and O–H groups in total. The lowest BCUT2D eigenvalue weighted by Gasteiger charge is -1.97. The van der Waals surface area contributed by atoms with Gasteiger partial charge in [-0.1, -0.05) is 18.2 Å². The zero-order chi connectivity index (χ0) is 9.97. The first-order valence-corrected chi connectivity index (χ1v) is 4.46. The fourth-order valence-electron chi connectivity index (χ4n) is 1.39. The Morgan fingerprint density at radius 1 is 1.43 bits per heavy atom. The fourth-order valence-corrected chi connectivity index (χ4v) is 1.39. The molecule has 1 aromatic carbocycles. The number of esters is 1. The van der Waals surface area contributed by atoms with Gasteiger partial charge in [0, 0.05) is 12.4 Å². The predicted molar refractivity (Wildman–Crippen MR) is 53.8 cm³/mol. The summed E-state index contributed by atoms with van der Waals surface area (Å²) in [4.78, 5) is 13.8. The van der Waals surface area contributed by atoms with E-state index in [1.807, 2.05) is 30.3 Å². The number of rotatable bonds is 2. The minimum Gasteiger partial charge on any atom is -0.459 e. The van der Waals surface area contributed by atoms with Crippen LogP contribution < -0.4 is 0 Å². The van der Waals surface area contributed by atoms with Crippen molar-refractivity contribution in [2.75, 3.05) is 0 Å². The topological polar surface area (TPSA) is 42.1 Å². The van der Waals surface area contributed by atoms with E-state index in [9.17, 15) is 4.79 Å². The van der Waals surface area contributed by atoms with Crippen LogP contribution in [0, 0.1) is 0 Å². The molecule has 0 unspecified atom stereocenters. The van der Waals surface area contributed by atoms with E-state index in [-0.39, 0.29) is 5.97 Å². The third kappa shape index (κ3) is 1.76. The van der Waals surface area contributed by atoms with Gasteiger partial charge in [-0.2, -0.15) is 0 Å². The maximum Gasteiger partial charge on any atom is 0.303 e. The molecule has 72 valence electrons. The van der Waals surface area contributed by atoms with Gasteiger partial charge in [-0.25, -0.2) is 0 Å². The van der Waals surface area contributed by atoms with Gasteiger partial charge >= 0.3 is 5.97 Å². The van der Waals surface area contributed by atoms with Crippen LogP contribution >= 0.6 is 0 Å². The second-order valence-corrected chi connectivity index (χ2v) is 3.16. The molecule has 1 heterocycles. The van der Waals surface area contributed by atoms with Crippen LogP contribution in [-0.2, 0) is 16.1 Å². The van der Waals surface area contributed by atoms with Crippen molar-refractivity contribution >= 4 is 16.9 Å². The molecule has 3 nitrogen and oxygen atoms in total. The van der Waals surface area contributed by atoms with E-state index in [1.54, 1.807) is 0 Å². The van der Waals surface area contributed by atoms with Crippen molar-refractivity contribution in [3.05, 3.63) is 36.0 Å². The lowest BCUT2D eigenvalue weighted by molar-refractivity contribution is -0.142. The van der Waals surface area contributed by atoms with Crippen molar-refractivity contribution in [3.8, 4) is 0 Å². The van der Waals surface area contributed by atoms with E-state index in [2.05, 4.69) is 4.98 Å². The number of ether oxygens (including phenoxy) is 1. The first-order chi connectivity index (χ1) is 6.75. The van der Waals surface area contributed by atoms with Crippen LogP contribution in [0.25, 0.3) is 10.9 Å². The molecular formula is C11H11NO2. The Morgan fingerprint density at radius 3 is 2.93 bits per heavy atom. The maximum atomic E-state index is 10.6. The molecular weight excluding hydrogens is 178 g/mol. The van der Waals surface area contributed by atoms with Crippen LogP contribution in [0.2, 0.25) is 0 Å². The molecule has 1 aromatic heterocycles. The second kappa shape index (κ2) is 3.54. The fraction of sp³-hybridized carbons (Fsp3) is 0.182. The van der Waals surface area contributed by atoms with E-state index < -0.39 is 0 Å². The SMILES string of the molecule is CC(=O)OCc1cc2ccccc2[nH]1. The van der Waals surface area contributed by atoms with Gasteiger partial charge in [0.1, 0.15) is 6.61 Å². The molecule has 0 bridgehead atoms. The first-order valence-electron chi connectivity index (χ1n) is 4.46. The minimum absolute atomic E-state index is 0.261. The number of aromatic amines is 1. The van der Waals surface area contributed by atoms with Crippen molar-refractivity contribution in [2.45, 2.75) is 13.5 Å². The minimum atomic E-state index is -0.261. The average Bonchev–Trinajstić information content (AvgIpc) is 2.57. The van der Waals surface area contributed by atoms with Gasteiger partial charge in [-0.15, -0.1) is 0 Å². The Balaban J connectivity index is 2.22. The van der Waals surface area contributed by atoms with Gasteiger partial charge in [0.2, 0.25) is 0 Å². The highest BCUT2D eigenvalue weighted by Crippen LogP contribution is 2.14. The Kier molecular flexibility index (Phi) is 2.23. The van der Waals surface area contributed by atoms with Gasteiger partial charge in [-0.3, -0.25) is 4.79 Å². The summed E-state index contributed by atoms with van der Waals surface area (Å²) >= 11 is 0. The Hall–Kier alpha value is -1.77. The molecule has 0 spiro atoms. The maximum absolute atomic E-state index is 10.6. The standard InChI is InChI=1S/C11H11NO2/c1-8(13)14-7-10-6-9-4-2-3-5-11(9)12-10/h2-6,12H,7H2,1H3. The number of carbonyl (C=O) groups is 1. The monoisotopic (exact) mass is 189 g/mol. The van der Waals surface area contributed by atoms with E-state index >= 15 is 0 Å². The van der Waals surface area contributed by atoms with Crippen LogP contribution in [-0.4, -0.2) is 11.0 Å². The van der Waals surface area contributed by atoms with E-state index in [0.717, 1.165) is 16.6 Å². The molecule has 0 amide bonds. The van der Waals surface area contributed by atoms with Crippen LogP contribution in [0.5, 0.6) is 0 Å². The zero-order valence-electron chi connectivity index (χ0n) is 7.91. The van der Waals surface area contributed by atoms with Gasteiger partial charge in [-0.05, 0) is 17.5 Å². The molecule has 0 saturated heterocycles. The van der Waals surface area contributed by atoms with Gasteiger partial charge in [0.25, 0.3) is 0 Å². The zero-order valence-corrected chi connectivity index (χ0v) is 7.91. The molecule has 0 atom stereocenters. The molecule has 0 saturated carbocycles. The number of hydrogen-bond donors (Lipinski definition) is 1. The van der Waals surface area contributed by atoms with Crippen LogP contribution in [0.3, 0.4) is 0 Å². The summed E-state index contributed by atoms with van der Waals surface area (Å²) in [5.41, 5.74) is 1.98. The largest absolute Gasteiger partial charge is 0.459 e. The number of benzene rings is 1. The van der Waals surface area contributed by atoms with Crippen LogP contribution in [0.1, 0.15) is 12.6 Å². The molecule has 0 fully saturated rings. The summed E-state index contributed by atoms with van der Waals surface area (Å²) in [6, 6.07) is 9.94. The second-order valence-electron chi connectivity index (χ2n) is 3.16. The molecule has 0 aliphatic heterocycles. The van der Waals surface area contributed by atoms with E-state index in [4.69, 9.17) is 4.74 Å². The first kappa shape index (κ1) is 8.81. The Bertz CT molecular complexity index is 426. The lowest BCUT2D eigenvalue weighted by Crippen LogP contribution is -1.98. The number of para-hydroxylation sites is 1. The number of fused-ring (bicyclic) bond motifs is 1. The predicted octanol–water partition coefficient (Wildman–Crippen LogP) is 2.23. The number of nitrogens with one attached hydrogen (secondary N) is 1. The molecule has 0 radical (unpaired) electrons. The Labute approximate surface area is 81.7 Å². The van der Waals surface area contributed by atoms with Crippen molar-refractivity contribution in [3.63, 3.8) is 0 Å². The molecule has 2 aromatic rings. The third-order valence-corrected chi connectivity index (χ3v) is 2.02. The summed E-state index contributed by atoms with van der Waals surface area (Å²) in [6.07, 6.45) is 0. The summed E-state index contributed by atoms with van der Waals surface area (Å²) in [5, 5.41) is 1.13. The van der Waals surface area contributed by atoms with Gasteiger partial charge in [0.05, 0.1) is 5.69 Å². The molecule has 0 aliphatic rings. The number of carbonyl (C=O) groups excluding carboxylic acids is 1. The molecule has 14 heavy (non-hydrogen) atoms. The van der Waals surface area contributed by atoms with Crippen molar-refractivity contribution < 1.29 is 9.53 Å². The number of hydrogen-bond acceptors (Lipinski definition) is 2. The summed E-state index contributed by atoms with van der Waals surface area (Å²) in [7, 11) is 0. The normalized spacial score (nSPS) is 10.4. The Morgan fingerprint density at radius 2 is 2.21 bits per heavy atom. The van der Waals surface area contributed by atoms with Crippen molar-refractivity contribution in [1.29, 1.82) is 0 Å². The average molecular weight is 189 g/mol. The highest BCUT2D eigenvalue weighted by Gasteiger charge is 2.00. The summed E-state index contributed by atoms with van der Waals surface area (Å²) in [5.74, 6) is -0.261. The van der Waals surface area contributed by atoms with E-state index in [0.29, 0.717) is 6.61 Å². The van der Waals surface area contributed by atoms with Gasteiger partial charge < -0.3 is 9.72 Å². The highest BCUT2D eigenvalue weighted by molar-refractivity contribution is 5.80. The van der Waals surface area contributed by atoms with E-state index in [1.165, 1.54) is 6.92 Å². The van der Waals surface area contributed by atoms with Crippen LogP contribution in [0.4, 0.5) is 0 Å². The smallest absolute Gasteiger partial charge is 0.303 e. The number of aromatic nitrogens is 1. The molecule has 3 heteroatoms. The number of H-pyrrole nitrogens is 1. The third-order valence-electron chi connectivity index (χ3n) is 2.02. The van der Waals surface area contributed by atoms with Crippen LogP contribution in [0.15, 0.2) is 30.3 Å².